The Morgan fingerprint density at radius 2 is 1.96 bits per heavy atom. The van der Waals surface area contributed by atoms with Crippen LogP contribution >= 0.6 is 0 Å². The van der Waals surface area contributed by atoms with E-state index in [-0.39, 0.29) is 35.9 Å². The summed E-state index contributed by atoms with van der Waals surface area (Å²) in [5.41, 5.74) is -0.677. The normalized spacial score (nSPS) is 41.1. The maximum absolute atomic E-state index is 12.6. The molecule has 2 saturated heterocycles. The van der Waals surface area contributed by atoms with Crippen LogP contribution in [0.4, 0.5) is 4.79 Å². The maximum atomic E-state index is 12.6. The van der Waals surface area contributed by atoms with Gasteiger partial charge in [-0.2, -0.15) is 0 Å². The average molecular weight is 363 g/mol. The first-order valence-corrected chi connectivity index (χ1v) is 9.76. The molecule has 0 aromatic heterocycles. The summed E-state index contributed by atoms with van der Waals surface area (Å²) >= 11 is 0. The quantitative estimate of drug-likeness (QED) is 0.671. The van der Waals surface area contributed by atoms with Crippen LogP contribution in [-0.4, -0.2) is 53.7 Å². The highest BCUT2D eigenvalue weighted by Gasteiger charge is 2.69. The topological polar surface area (TPSA) is 65.1 Å². The molecule has 0 spiro atoms. The molecule has 2 aliphatic heterocycles. The number of carbonyl (C=O) groups excluding carboxylic acids is 2. The predicted octanol–water partition coefficient (Wildman–Crippen LogP) is 2.83. The van der Waals surface area contributed by atoms with Crippen molar-refractivity contribution in [2.24, 2.45) is 17.3 Å². The first kappa shape index (κ1) is 18.3. The second-order valence-corrected chi connectivity index (χ2v) is 10.3. The van der Waals surface area contributed by atoms with Gasteiger partial charge in [0.05, 0.1) is 24.2 Å². The molecule has 7 heteroatoms. The first-order chi connectivity index (χ1) is 11.9. The molecule has 2 bridgehead atoms. The Morgan fingerprint density at radius 3 is 2.58 bits per heavy atom. The zero-order valence-corrected chi connectivity index (χ0v) is 16.7. The molecule has 0 radical (unpaired) electrons. The van der Waals surface area contributed by atoms with E-state index in [0.29, 0.717) is 11.8 Å². The van der Waals surface area contributed by atoms with E-state index in [4.69, 9.17) is 14.0 Å². The minimum Gasteiger partial charge on any atom is -0.444 e. The third-order valence-electron chi connectivity index (χ3n) is 7.09. The van der Waals surface area contributed by atoms with Gasteiger partial charge >= 0.3 is 13.2 Å². The number of ketones is 1. The molecule has 0 N–H and O–H groups in total. The third-order valence-corrected chi connectivity index (χ3v) is 7.09. The Balaban J connectivity index is 1.52. The van der Waals surface area contributed by atoms with Crippen molar-refractivity contribution in [2.45, 2.75) is 84.1 Å². The van der Waals surface area contributed by atoms with Gasteiger partial charge in [-0.25, -0.2) is 4.79 Å². The highest BCUT2D eigenvalue weighted by molar-refractivity contribution is 6.48. The monoisotopic (exact) mass is 363 g/mol. The van der Waals surface area contributed by atoms with E-state index in [1.807, 2.05) is 20.8 Å². The molecule has 2 heterocycles. The average Bonchev–Trinajstić information content (AvgIpc) is 3.04. The van der Waals surface area contributed by atoms with Crippen molar-refractivity contribution >= 4 is 19.0 Å². The van der Waals surface area contributed by atoms with Crippen LogP contribution < -0.4 is 0 Å². The number of rotatable bonds is 1. The lowest BCUT2D eigenvalue weighted by Crippen LogP contribution is -2.65. The molecule has 144 valence electrons. The van der Waals surface area contributed by atoms with Crippen LogP contribution in [0.3, 0.4) is 0 Å². The molecule has 0 aromatic carbocycles. The number of amides is 1. The SMILES string of the molecule is CC(C)(C)OC(=O)N1CC(=O)C[C@H]1B1O[C@@H]2C[C@@H]3C[C@@H](C3(C)C)[C@]2(C)O1. The highest BCUT2D eigenvalue weighted by Crippen LogP contribution is 2.65. The van der Waals surface area contributed by atoms with Gasteiger partial charge in [-0.1, -0.05) is 13.8 Å². The summed E-state index contributed by atoms with van der Waals surface area (Å²) in [4.78, 5) is 26.2. The molecule has 5 rings (SSSR count). The van der Waals surface area contributed by atoms with Gasteiger partial charge in [0.2, 0.25) is 0 Å². The molecule has 1 amide bonds. The Morgan fingerprint density at radius 1 is 1.27 bits per heavy atom. The largest absolute Gasteiger partial charge is 0.482 e. The Labute approximate surface area is 156 Å². The lowest BCUT2D eigenvalue weighted by atomic mass is 9.43. The third kappa shape index (κ3) is 2.61. The van der Waals surface area contributed by atoms with Gasteiger partial charge in [0, 0.05) is 6.42 Å². The minimum atomic E-state index is -0.601. The van der Waals surface area contributed by atoms with Crippen LogP contribution in [-0.2, 0) is 18.8 Å². The predicted molar refractivity (Wildman–Crippen MR) is 96.5 cm³/mol. The molecule has 0 aromatic rings. The summed E-state index contributed by atoms with van der Waals surface area (Å²) in [6, 6.07) is 0. The van der Waals surface area contributed by atoms with Crippen LogP contribution in [0.5, 0.6) is 0 Å². The summed E-state index contributed by atoms with van der Waals surface area (Å²) in [7, 11) is -0.556. The fraction of sp³-hybridized carbons (Fsp3) is 0.895. The summed E-state index contributed by atoms with van der Waals surface area (Å²) < 4.78 is 18.2. The standard InChI is InChI=1S/C19H30BNO5/c1-17(2,3)24-16(23)21-10-12(22)9-15(21)20-25-14-8-11-7-13(18(11,4)5)19(14,6)26-20/h11,13-15H,7-10H2,1-6H3/t11-,13-,14+,15-,19-/m0/s1. The van der Waals surface area contributed by atoms with Gasteiger partial charge in [0.25, 0.3) is 0 Å². The molecule has 3 saturated carbocycles. The van der Waals surface area contributed by atoms with Crippen molar-refractivity contribution in [1.82, 2.24) is 4.90 Å². The zero-order chi connectivity index (χ0) is 19.1. The summed E-state index contributed by atoms with van der Waals surface area (Å²) in [6.45, 7) is 12.3. The molecule has 3 aliphatic carbocycles. The van der Waals surface area contributed by atoms with Gasteiger partial charge in [0.1, 0.15) is 5.60 Å². The molecule has 5 fully saturated rings. The number of hydrogen-bond donors (Lipinski definition) is 0. The second kappa shape index (κ2) is 5.47. The number of nitrogens with zero attached hydrogens (tertiary/aromatic N) is 1. The lowest BCUT2D eigenvalue weighted by Gasteiger charge is -2.64. The maximum Gasteiger partial charge on any atom is 0.482 e. The van der Waals surface area contributed by atoms with Crippen molar-refractivity contribution < 1.29 is 23.6 Å². The van der Waals surface area contributed by atoms with Gasteiger partial charge in [-0.3, -0.25) is 9.69 Å². The van der Waals surface area contributed by atoms with Crippen molar-refractivity contribution in [1.29, 1.82) is 0 Å². The number of Topliss-reactive ketones (excluding diaryl/α,β-unsaturated/α-hetero) is 1. The fourth-order valence-electron chi connectivity index (χ4n) is 5.54. The van der Waals surface area contributed by atoms with Crippen LogP contribution in [0.25, 0.3) is 0 Å². The van der Waals surface area contributed by atoms with Crippen LogP contribution in [0.1, 0.15) is 60.8 Å². The van der Waals surface area contributed by atoms with E-state index in [0.717, 1.165) is 6.42 Å². The van der Waals surface area contributed by atoms with E-state index in [2.05, 4.69) is 20.8 Å². The van der Waals surface area contributed by atoms with Crippen molar-refractivity contribution in [2.75, 3.05) is 6.54 Å². The number of ether oxygens (including phenoxy) is 1. The number of carbonyl (C=O) groups is 2. The van der Waals surface area contributed by atoms with E-state index in [9.17, 15) is 9.59 Å². The van der Waals surface area contributed by atoms with Gasteiger partial charge in [-0.15, -0.1) is 0 Å². The van der Waals surface area contributed by atoms with E-state index in [1.165, 1.54) is 11.3 Å². The molecular formula is C19H30BNO5. The van der Waals surface area contributed by atoms with Gasteiger partial charge in [-0.05, 0) is 57.8 Å². The summed E-state index contributed by atoms with van der Waals surface area (Å²) in [6.07, 6.45) is 2.01. The summed E-state index contributed by atoms with van der Waals surface area (Å²) in [5, 5.41) is 0. The van der Waals surface area contributed by atoms with E-state index in [1.54, 1.807) is 0 Å². The van der Waals surface area contributed by atoms with Crippen molar-refractivity contribution in [3.63, 3.8) is 0 Å². The first-order valence-electron chi connectivity index (χ1n) is 9.76. The Kier molecular flexibility index (Phi) is 3.85. The van der Waals surface area contributed by atoms with Crippen molar-refractivity contribution in [3.05, 3.63) is 0 Å². The molecular weight excluding hydrogens is 333 g/mol. The molecule has 5 aliphatic rings. The smallest absolute Gasteiger partial charge is 0.444 e. The Hall–Kier alpha value is -1.08. The van der Waals surface area contributed by atoms with Crippen LogP contribution in [0.15, 0.2) is 0 Å². The summed E-state index contributed by atoms with van der Waals surface area (Å²) in [5.74, 6) is 0.744. The Bertz CT molecular complexity index is 644. The molecule has 0 unspecified atom stereocenters. The highest BCUT2D eigenvalue weighted by atomic mass is 16.7. The number of hydrogen-bond acceptors (Lipinski definition) is 5. The van der Waals surface area contributed by atoms with E-state index < -0.39 is 24.8 Å². The van der Waals surface area contributed by atoms with Crippen LogP contribution in [0, 0.1) is 17.3 Å². The minimum absolute atomic E-state index is 0.0257. The second-order valence-electron chi connectivity index (χ2n) is 10.3. The number of likely N-dealkylation sites (tertiary alicyclic amines) is 1. The van der Waals surface area contributed by atoms with Crippen LogP contribution in [0.2, 0.25) is 0 Å². The van der Waals surface area contributed by atoms with Crippen molar-refractivity contribution in [3.8, 4) is 0 Å². The molecule has 5 atom stereocenters. The lowest BCUT2D eigenvalue weighted by molar-refractivity contribution is -0.199. The fourth-order valence-corrected chi connectivity index (χ4v) is 5.54. The molecule has 6 nitrogen and oxygen atoms in total. The van der Waals surface area contributed by atoms with Gasteiger partial charge in [0.15, 0.2) is 5.78 Å². The molecule has 26 heavy (non-hydrogen) atoms. The van der Waals surface area contributed by atoms with E-state index >= 15 is 0 Å². The van der Waals surface area contributed by atoms with Gasteiger partial charge < -0.3 is 14.0 Å². The zero-order valence-electron chi connectivity index (χ0n) is 16.7.